The van der Waals surface area contributed by atoms with Crippen molar-refractivity contribution < 1.29 is 4.79 Å². The van der Waals surface area contributed by atoms with E-state index in [0.717, 1.165) is 44.2 Å². The molecule has 2 aromatic carbocycles. The average molecular weight is 420 g/mol. The first-order valence-corrected chi connectivity index (χ1v) is 11.0. The molecule has 1 heterocycles. The molecule has 1 aliphatic rings. The van der Waals surface area contributed by atoms with Crippen LogP contribution in [0.15, 0.2) is 65.7 Å². The number of benzene rings is 2. The smallest absolute Gasteiger partial charge is 0.251 e. The molecule has 0 radical (unpaired) electrons. The Morgan fingerprint density at radius 3 is 2.35 bits per heavy atom. The van der Waals surface area contributed by atoms with Gasteiger partial charge in [0.05, 0.1) is 0 Å². The van der Waals surface area contributed by atoms with E-state index in [9.17, 15) is 4.79 Å². The first-order chi connectivity index (χ1) is 15.2. The van der Waals surface area contributed by atoms with Gasteiger partial charge in [0, 0.05) is 58.4 Å². The Kier molecular flexibility index (Phi) is 8.67. The molecular weight excluding hydrogens is 386 g/mol. The lowest BCUT2D eigenvalue weighted by molar-refractivity contribution is 0.0956. The lowest BCUT2D eigenvalue weighted by Crippen LogP contribution is -2.52. The maximum Gasteiger partial charge on any atom is 0.251 e. The number of hydrogen-bond acceptors (Lipinski definition) is 3. The summed E-state index contributed by atoms with van der Waals surface area (Å²) in [6.07, 6.45) is 4.42. The number of piperazine rings is 1. The minimum Gasteiger partial charge on any atom is -0.352 e. The number of nitrogens with zero attached hydrogens (tertiary/aromatic N) is 3. The van der Waals surface area contributed by atoms with Gasteiger partial charge in [-0.15, -0.1) is 0 Å². The fourth-order valence-electron chi connectivity index (χ4n) is 3.59. The molecule has 0 aliphatic carbocycles. The monoisotopic (exact) mass is 419 g/mol. The molecule has 2 aromatic rings. The Balaban J connectivity index is 1.43. The molecule has 0 atom stereocenters. The zero-order chi connectivity index (χ0) is 21.9. The van der Waals surface area contributed by atoms with Crippen molar-refractivity contribution in [2.75, 3.05) is 46.3 Å². The minimum absolute atomic E-state index is 0.0331. The van der Waals surface area contributed by atoms with Gasteiger partial charge in [0.25, 0.3) is 5.91 Å². The van der Waals surface area contributed by atoms with E-state index in [-0.39, 0.29) is 5.91 Å². The maximum absolute atomic E-state index is 11.9. The summed E-state index contributed by atoms with van der Waals surface area (Å²) in [5.74, 6) is 0.890. The van der Waals surface area contributed by atoms with Crippen LogP contribution in [0.1, 0.15) is 28.4 Å². The minimum atomic E-state index is -0.0331. The van der Waals surface area contributed by atoms with Crippen molar-refractivity contribution in [3.63, 3.8) is 0 Å². The van der Waals surface area contributed by atoms with E-state index < -0.39 is 0 Å². The van der Waals surface area contributed by atoms with Crippen molar-refractivity contribution in [1.82, 2.24) is 20.4 Å². The summed E-state index contributed by atoms with van der Waals surface area (Å²) >= 11 is 0. The van der Waals surface area contributed by atoms with Crippen LogP contribution in [0.2, 0.25) is 0 Å². The summed E-state index contributed by atoms with van der Waals surface area (Å²) in [6, 6.07) is 18.1. The SMILES string of the molecule is CCNC(=O)c1ccc(CNC(=NC)N2CCN(C/C=C/c3ccccc3)CC2)cc1. The highest BCUT2D eigenvalue weighted by Crippen LogP contribution is 2.07. The number of carbonyl (C=O) groups is 1. The van der Waals surface area contributed by atoms with E-state index in [2.05, 4.69) is 61.8 Å². The third-order valence-corrected chi connectivity index (χ3v) is 5.36. The standard InChI is InChI=1S/C25H33N5O/c1-3-27-24(31)23-13-11-22(12-14-23)20-28-25(26-2)30-18-16-29(17-19-30)15-7-10-21-8-5-4-6-9-21/h4-14H,3,15-20H2,1-2H3,(H,26,28)(H,27,31)/b10-7+. The topological polar surface area (TPSA) is 60.0 Å². The largest absolute Gasteiger partial charge is 0.352 e. The van der Waals surface area contributed by atoms with Crippen LogP contribution >= 0.6 is 0 Å². The summed E-state index contributed by atoms with van der Waals surface area (Å²) in [7, 11) is 1.83. The van der Waals surface area contributed by atoms with Crippen LogP contribution in [-0.4, -0.2) is 68.0 Å². The first kappa shape index (κ1) is 22.6. The predicted molar refractivity (Wildman–Crippen MR) is 128 cm³/mol. The molecule has 1 amide bonds. The van der Waals surface area contributed by atoms with Gasteiger partial charge in [0.15, 0.2) is 5.96 Å². The zero-order valence-electron chi connectivity index (χ0n) is 18.6. The Hall–Kier alpha value is -3.12. The number of hydrogen-bond donors (Lipinski definition) is 2. The van der Waals surface area contributed by atoms with E-state index in [4.69, 9.17) is 0 Å². The molecule has 2 N–H and O–H groups in total. The van der Waals surface area contributed by atoms with Gasteiger partial charge in [-0.3, -0.25) is 14.7 Å². The normalized spacial score (nSPS) is 15.3. The van der Waals surface area contributed by atoms with Crippen LogP contribution in [0.5, 0.6) is 0 Å². The molecule has 1 saturated heterocycles. The molecule has 0 saturated carbocycles. The van der Waals surface area contributed by atoms with Crippen molar-refractivity contribution >= 4 is 17.9 Å². The molecule has 164 valence electrons. The predicted octanol–water partition coefficient (Wildman–Crippen LogP) is 2.84. The number of guanidine groups is 1. The van der Waals surface area contributed by atoms with Crippen molar-refractivity contribution in [3.05, 3.63) is 77.4 Å². The summed E-state index contributed by atoms with van der Waals surface area (Å²) in [4.78, 5) is 21.1. The Labute approximate surface area is 185 Å². The molecule has 6 nitrogen and oxygen atoms in total. The number of aliphatic imine (C=N–C) groups is 1. The molecule has 31 heavy (non-hydrogen) atoms. The zero-order valence-corrected chi connectivity index (χ0v) is 18.6. The van der Waals surface area contributed by atoms with Gasteiger partial charge in [-0.1, -0.05) is 54.6 Å². The van der Waals surface area contributed by atoms with Crippen LogP contribution in [0, 0.1) is 0 Å². The second kappa shape index (κ2) is 11.9. The van der Waals surface area contributed by atoms with E-state index in [1.165, 1.54) is 5.56 Å². The molecule has 0 aromatic heterocycles. The summed E-state index contributed by atoms with van der Waals surface area (Å²) in [5.41, 5.74) is 3.05. The third-order valence-electron chi connectivity index (χ3n) is 5.36. The summed E-state index contributed by atoms with van der Waals surface area (Å²) in [5, 5.41) is 6.27. The molecule has 0 unspecified atom stereocenters. The highest BCUT2D eigenvalue weighted by molar-refractivity contribution is 5.94. The molecule has 1 aliphatic heterocycles. The fourth-order valence-corrected chi connectivity index (χ4v) is 3.59. The van der Waals surface area contributed by atoms with Gasteiger partial charge in [-0.25, -0.2) is 0 Å². The van der Waals surface area contributed by atoms with Crippen LogP contribution in [0.25, 0.3) is 6.08 Å². The van der Waals surface area contributed by atoms with E-state index in [1.54, 1.807) is 0 Å². The second-order valence-corrected chi connectivity index (χ2v) is 7.56. The molecule has 1 fully saturated rings. The van der Waals surface area contributed by atoms with Crippen molar-refractivity contribution in [3.8, 4) is 0 Å². The first-order valence-electron chi connectivity index (χ1n) is 11.0. The summed E-state index contributed by atoms with van der Waals surface area (Å²) in [6.45, 7) is 8.14. The Morgan fingerprint density at radius 2 is 1.71 bits per heavy atom. The highest BCUT2D eigenvalue weighted by Gasteiger charge is 2.18. The number of carbonyl (C=O) groups excluding carboxylic acids is 1. The summed E-state index contributed by atoms with van der Waals surface area (Å²) < 4.78 is 0. The van der Waals surface area contributed by atoms with Crippen LogP contribution in [0.4, 0.5) is 0 Å². The van der Waals surface area contributed by atoms with Gasteiger partial charge < -0.3 is 15.5 Å². The van der Waals surface area contributed by atoms with Crippen molar-refractivity contribution in [2.24, 2.45) is 4.99 Å². The highest BCUT2D eigenvalue weighted by atomic mass is 16.1. The van der Waals surface area contributed by atoms with Gasteiger partial charge >= 0.3 is 0 Å². The second-order valence-electron chi connectivity index (χ2n) is 7.56. The number of amides is 1. The van der Waals surface area contributed by atoms with E-state index in [0.29, 0.717) is 18.7 Å². The lowest BCUT2D eigenvalue weighted by Gasteiger charge is -2.36. The third kappa shape index (κ3) is 6.96. The van der Waals surface area contributed by atoms with Gasteiger partial charge in [0.2, 0.25) is 0 Å². The lowest BCUT2D eigenvalue weighted by atomic mass is 10.1. The van der Waals surface area contributed by atoms with E-state index >= 15 is 0 Å². The Morgan fingerprint density at radius 1 is 1.00 bits per heavy atom. The van der Waals surface area contributed by atoms with E-state index in [1.807, 2.05) is 44.3 Å². The fraction of sp³-hybridized carbons (Fsp3) is 0.360. The van der Waals surface area contributed by atoms with Crippen LogP contribution < -0.4 is 10.6 Å². The number of nitrogens with one attached hydrogen (secondary N) is 2. The van der Waals surface area contributed by atoms with Gasteiger partial charge in [0.1, 0.15) is 0 Å². The molecule has 0 spiro atoms. The quantitative estimate of drug-likeness (QED) is 0.535. The average Bonchev–Trinajstić information content (AvgIpc) is 2.81. The van der Waals surface area contributed by atoms with Crippen LogP contribution in [-0.2, 0) is 6.54 Å². The maximum atomic E-state index is 11.9. The molecular formula is C25H33N5O. The van der Waals surface area contributed by atoms with Crippen molar-refractivity contribution in [1.29, 1.82) is 0 Å². The molecule has 3 rings (SSSR count). The Bertz CT molecular complexity index is 869. The van der Waals surface area contributed by atoms with Gasteiger partial charge in [-0.2, -0.15) is 0 Å². The van der Waals surface area contributed by atoms with Crippen molar-refractivity contribution in [2.45, 2.75) is 13.5 Å². The molecule has 0 bridgehead atoms. The molecule has 6 heteroatoms. The number of rotatable bonds is 7. The van der Waals surface area contributed by atoms with Gasteiger partial charge in [-0.05, 0) is 30.2 Å². The van der Waals surface area contributed by atoms with Crippen LogP contribution in [0.3, 0.4) is 0 Å².